The number of piperidine rings is 1. The van der Waals surface area contributed by atoms with Gasteiger partial charge in [0, 0.05) is 49.6 Å². The van der Waals surface area contributed by atoms with Crippen molar-refractivity contribution in [2.45, 2.75) is 50.1 Å². The number of amides is 3. The van der Waals surface area contributed by atoms with E-state index in [0.29, 0.717) is 18.7 Å². The van der Waals surface area contributed by atoms with E-state index < -0.39 is 35.5 Å². The zero-order chi connectivity index (χ0) is 22.1. The van der Waals surface area contributed by atoms with Gasteiger partial charge in [0.05, 0.1) is 5.92 Å². The van der Waals surface area contributed by atoms with E-state index >= 15 is 0 Å². The molecule has 3 N–H and O–H groups in total. The molecule has 3 amide bonds. The molecule has 3 heterocycles. The van der Waals surface area contributed by atoms with E-state index in [9.17, 15) is 27.6 Å². The first-order valence-corrected chi connectivity index (χ1v) is 10.4. The number of carbonyl (C=O) groups is 3. The molecule has 7 nitrogen and oxygen atoms in total. The fourth-order valence-corrected chi connectivity index (χ4v) is 5.72. The van der Waals surface area contributed by atoms with Gasteiger partial charge in [0.1, 0.15) is 6.04 Å². The average Bonchev–Trinajstić information content (AvgIpc) is 3.11. The second kappa shape index (κ2) is 6.77. The van der Waals surface area contributed by atoms with E-state index in [1.807, 2.05) is 17.0 Å². The normalized spacial score (nSPS) is 33.2. The van der Waals surface area contributed by atoms with Crippen LogP contribution in [0.25, 0.3) is 0 Å². The molecule has 3 fully saturated rings. The van der Waals surface area contributed by atoms with Gasteiger partial charge in [-0.05, 0) is 24.0 Å². The number of nitrogens with zero attached hydrogens (tertiary/aromatic N) is 2. The monoisotopic (exact) mass is 436 g/mol. The van der Waals surface area contributed by atoms with Crippen LogP contribution in [-0.4, -0.2) is 58.4 Å². The molecule has 2 saturated heterocycles. The SMILES string of the molecule is N[C@]12C[C@H](C(F)(F)F)[C@H]1CN(Cc1cccc3c1C(=O)N(C1CCC(=O)NC1=O)C3)C2. The molecule has 1 aromatic rings. The van der Waals surface area contributed by atoms with Gasteiger partial charge < -0.3 is 10.6 Å². The van der Waals surface area contributed by atoms with Crippen LogP contribution in [0.15, 0.2) is 18.2 Å². The highest BCUT2D eigenvalue weighted by Crippen LogP contribution is 2.54. The predicted octanol–water partition coefficient (Wildman–Crippen LogP) is 1.16. The van der Waals surface area contributed by atoms with Gasteiger partial charge in [-0.2, -0.15) is 13.2 Å². The number of fused-ring (bicyclic) bond motifs is 2. The van der Waals surface area contributed by atoms with E-state index in [1.54, 1.807) is 6.07 Å². The van der Waals surface area contributed by atoms with Gasteiger partial charge in [0.25, 0.3) is 5.91 Å². The molecule has 1 aromatic carbocycles. The zero-order valence-electron chi connectivity index (χ0n) is 16.7. The minimum absolute atomic E-state index is 0.0627. The Hall–Kier alpha value is -2.46. The van der Waals surface area contributed by atoms with Gasteiger partial charge in [-0.25, -0.2) is 0 Å². The molecule has 1 unspecified atom stereocenters. The summed E-state index contributed by atoms with van der Waals surface area (Å²) in [5.41, 5.74) is 7.42. The van der Waals surface area contributed by atoms with E-state index in [1.165, 1.54) is 4.90 Å². The summed E-state index contributed by atoms with van der Waals surface area (Å²) in [7, 11) is 0. The van der Waals surface area contributed by atoms with Gasteiger partial charge in [-0.3, -0.25) is 24.6 Å². The molecule has 0 aromatic heterocycles. The number of likely N-dealkylation sites (tertiary alicyclic amines) is 1. The number of hydrogen-bond acceptors (Lipinski definition) is 5. The lowest BCUT2D eigenvalue weighted by molar-refractivity contribution is -0.224. The van der Waals surface area contributed by atoms with E-state index in [2.05, 4.69) is 5.32 Å². The summed E-state index contributed by atoms with van der Waals surface area (Å²) in [6, 6.07) is 4.74. The Morgan fingerprint density at radius 2 is 2.00 bits per heavy atom. The maximum atomic E-state index is 13.2. The molecule has 0 radical (unpaired) electrons. The van der Waals surface area contributed by atoms with Crippen LogP contribution in [0.2, 0.25) is 0 Å². The number of alkyl halides is 3. The summed E-state index contributed by atoms with van der Waals surface area (Å²) in [4.78, 5) is 40.2. The lowest BCUT2D eigenvalue weighted by Gasteiger charge is -2.48. The van der Waals surface area contributed by atoms with Crippen molar-refractivity contribution in [1.29, 1.82) is 0 Å². The predicted molar refractivity (Wildman–Crippen MR) is 102 cm³/mol. The standard InChI is InChI=1S/C21H23F3N4O3/c22-21(23,24)13-6-20(25)10-27(9-14(13)20)7-11-2-1-3-12-8-28(19(31)17(11)12)15-4-5-16(29)26-18(15)30/h1-3,13-15H,4-10,25H2,(H,26,29,30)/t13-,14+,15?,20-/m0/s1. The number of carbonyl (C=O) groups excluding carboxylic acids is 3. The molecule has 3 aliphatic heterocycles. The first-order valence-electron chi connectivity index (χ1n) is 10.4. The van der Waals surface area contributed by atoms with Crippen molar-refractivity contribution in [1.82, 2.24) is 15.1 Å². The van der Waals surface area contributed by atoms with Crippen LogP contribution in [0.3, 0.4) is 0 Å². The van der Waals surface area contributed by atoms with Crippen LogP contribution >= 0.6 is 0 Å². The fraction of sp³-hybridized carbons (Fsp3) is 0.571. The summed E-state index contributed by atoms with van der Waals surface area (Å²) < 4.78 is 39.6. The largest absolute Gasteiger partial charge is 0.392 e. The van der Waals surface area contributed by atoms with Crippen LogP contribution in [0, 0.1) is 11.8 Å². The van der Waals surface area contributed by atoms with E-state index in [4.69, 9.17) is 5.73 Å². The Kier molecular flexibility index (Phi) is 4.46. The number of benzene rings is 1. The van der Waals surface area contributed by atoms with Crippen molar-refractivity contribution in [2.24, 2.45) is 17.6 Å². The number of nitrogens with two attached hydrogens (primary N) is 1. The molecule has 31 heavy (non-hydrogen) atoms. The van der Waals surface area contributed by atoms with E-state index in [0.717, 1.165) is 11.1 Å². The number of nitrogens with one attached hydrogen (secondary N) is 1. The van der Waals surface area contributed by atoms with Crippen LogP contribution in [0.4, 0.5) is 13.2 Å². The first kappa shape index (κ1) is 20.4. The molecule has 1 aliphatic carbocycles. The summed E-state index contributed by atoms with van der Waals surface area (Å²) in [5, 5.41) is 2.28. The van der Waals surface area contributed by atoms with Crippen molar-refractivity contribution in [3.63, 3.8) is 0 Å². The Bertz CT molecular complexity index is 981. The minimum atomic E-state index is -4.24. The molecule has 0 bridgehead atoms. The maximum Gasteiger partial charge on any atom is 0.392 e. The number of hydrogen-bond donors (Lipinski definition) is 2. The second-order valence-electron chi connectivity index (χ2n) is 9.21. The van der Waals surface area contributed by atoms with Gasteiger partial charge in [-0.1, -0.05) is 18.2 Å². The fourth-order valence-electron chi connectivity index (χ4n) is 5.72. The Morgan fingerprint density at radius 3 is 2.71 bits per heavy atom. The Balaban J connectivity index is 1.33. The highest BCUT2D eigenvalue weighted by molar-refractivity contribution is 6.06. The summed E-state index contributed by atoms with van der Waals surface area (Å²) in [6.45, 7) is 1.21. The van der Waals surface area contributed by atoms with Crippen molar-refractivity contribution in [3.05, 3.63) is 34.9 Å². The first-order chi connectivity index (χ1) is 14.6. The van der Waals surface area contributed by atoms with Crippen molar-refractivity contribution in [2.75, 3.05) is 13.1 Å². The molecule has 0 spiro atoms. The van der Waals surface area contributed by atoms with Crippen molar-refractivity contribution < 1.29 is 27.6 Å². The molecule has 10 heteroatoms. The van der Waals surface area contributed by atoms with Crippen LogP contribution in [0.5, 0.6) is 0 Å². The van der Waals surface area contributed by atoms with Crippen molar-refractivity contribution in [3.8, 4) is 0 Å². The smallest absolute Gasteiger partial charge is 0.324 e. The number of halogens is 3. The third kappa shape index (κ3) is 3.23. The second-order valence-corrected chi connectivity index (χ2v) is 9.21. The van der Waals surface area contributed by atoms with Gasteiger partial charge in [-0.15, -0.1) is 0 Å². The van der Waals surface area contributed by atoms with Gasteiger partial charge >= 0.3 is 6.18 Å². The lowest BCUT2D eigenvalue weighted by atomic mass is 9.61. The molecule has 166 valence electrons. The van der Waals surface area contributed by atoms with Gasteiger partial charge in [0.15, 0.2) is 0 Å². The molecule has 5 rings (SSSR count). The summed E-state index contributed by atoms with van der Waals surface area (Å²) >= 11 is 0. The quantitative estimate of drug-likeness (QED) is 0.694. The topological polar surface area (TPSA) is 95.7 Å². The molecule has 4 aliphatic rings. The zero-order valence-corrected chi connectivity index (χ0v) is 16.7. The van der Waals surface area contributed by atoms with Gasteiger partial charge in [0.2, 0.25) is 11.8 Å². The third-order valence-electron chi connectivity index (χ3n) is 7.25. The average molecular weight is 436 g/mol. The molecular weight excluding hydrogens is 413 g/mol. The lowest BCUT2D eigenvalue weighted by Crippen LogP contribution is -2.63. The van der Waals surface area contributed by atoms with Crippen LogP contribution in [-0.2, 0) is 22.7 Å². The molecule has 4 atom stereocenters. The maximum absolute atomic E-state index is 13.2. The third-order valence-corrected chi connectivity index (χ3v) is 7.25. The summed E-state index contributed by atoms with van der Waals surface area (Å²) in [6.07, 6.45) is -3.84. The number of imide groups is 1. The Labute approximate surface area is 176 Å². The highest BCUT2D eigenvalue weighted by atomic mass is 19.4. The Morgan fingerprint density at radius 1 is 1.23 bits per heavy atom. The summed E-state index contributed by atoms with van der Waals surface area (Å²) in [5.74, 6) is -3.09. The van der Waals surface area contributed by atoms with E-state index in [-0.39, 0.29) is 44.2 Å². The van der Waals surface area contributed by atoms with Crippen LogP contribution in [0.1, 0.15) is 40.7 Å². The highest BCUT2D eigenvalue weighted by Gasteiger charge is 2.64. The minimum Gasteiger partial charge on any atom is -0.324 e. The molecule has 1 saturated carbocycles. The molecular formula is C21H23F3N4O3. The number of rotatable bonds is 3. The van der Waals surface area contributed by atoms with Crippen molar-refractivity contribution >= 4 is 17.7 Å². The van der Waals surface area contributed by atoms with Crippen LogP contribution < -0.4 is 11.1 Å².